The van der Waals surface area contributed by atoms with Gasteiger partial charge in [-0.15, -0.1) is 0 Å². The number of aromatic nitrogens is 3. The van der Waals surface area contributed by atoms with E-state index >= 15 is 0 Å². The molecule has 0 aliphatic carbocycles. The van der Waals surface area contributed by atoms with Gasteiger partial charge in [0, 0.05) is 43.5 Å². The van der Waals surface area contributed by atoms with E-state index in [1.54, 1.807) is 73.6 Å². The summed E-state index contributed by atoms with van der Waals surface area (Å²) in [7, 11) is 3.26. The van der Waals surface area contributed by atoms with Gasteiger partial charge in [0.25, 0.3) is 11.8 Å². The summed E-state index contributed by atoms with van der Waals surface area (Å²) in [6, 6.07) is 14.2. The number of rotatable bonds is 7. The van der Waals surface area contributed by atoms with Gasteiger partial charge in [0.15, 0.2) is 0 Å². The van der Waals surface area contributed by atoms with Gasteiger partial charge in [-0.05, 0) is 42.0 Å². The first-order chi connectivity index (χ1) is 16.0. The lowest BCUT2D eigenvalue weighted by atomic mass is 10.0. The zero-order chi connectivity index (χ0) is 23.4. The number of carbonyl (C=O) groups excluding carboxylic acids is 2. The van der Waals surface area contributed by atoms with Gasteiger partial charge in [-0.1, -0.05) is 12.1 Å². The van der Waals surface area contributed by atoms with Crippen LogP contribution in [0.15, 0.2) is 67.1 Å². The van der Waals surface area contributed by atoms with Crippen LogP contribution in [0.4, 0.5) is 5.82 Å². The summed E-state index contributed by atoms with van der Waals surface area (Å²) in [5.41, 5.74) is 9.04. The number of pyridine rings is 2. The monoisotopic (exact) mass is 444 g/mol. The van der Waals surface area contributed by atoms with Crippen molar-refractivity contribution in [2.75, 3.05) is 32.1 Å². The van der Waals surface area contributed by atoms with Crippen molar-refractivity contribution in [1.82, 2.24) is 19.9 Å². The molecule has 33 heavy (non-hydrogen) atoms. The summed E-state index contributed by atoms with van der Waals surface area (Å²) in [6.07, 6.45) is 5.05. The predicted octanol–water partition coefficient (Wildman–Crippen LogP) is 2.37. The van der Waals surface area contributed by atoms with Gasteiger partial charge in [0.05, 0.1) is 17.9 Å². The minimum atomic E-state index is -0.206. The molecular weight excluding hydrogens is 420 g/mol. The number of amides is 2. The van der Waals surface area contributed by atoms with E-state index < -0.39 is 0 Å². The average Bonchev–Trinajstić information content (AvgIpc) is 3.29. The third kappa shape index (κ3) is 4.53. The number of anilines is 1. The van der Waals surface area contributed by atoms with Crippen LogP contribution in [0.3, 0.4) is 0 Å². The fraction of sp³-hybridized carbons (Fsp3) is 0.167. The molecule has 0 spiro atoms. The molecule has 4 aromatic rings. The lowest BCUT2D eigenvalue weighted by molar-refractivity contribution is 0.0961. The summed E-state index contributed by atoms with van der Waals surface area (Å²) in [4.78, 5) is 30.7. The van der Waals surface area contributed by atoms with E-state index in [9.17, 15) is 9.59 Å². The highest BCUT2D eigenvalue weighted by Crippen LogP contribution is 2.26. The Kier molecular flexibility index (Phi) is 6.32. The summed E-state index contributed by atoms with van der Waals surface area (Å²) in [5, 5.41) is 6.99. The highest BCUT2D eigenvalue weighted by molar-refractivity contribution is 6.06. The normalized spacial score (nSPS) is 10.8. The molecule has 0 atom stereocenters. The number of carbonyl (C=O) groups is 2. The quantitative estimate of drug-likeness (QED) is 0.452. The first kappa shape index (κ1) is 22.0. The van der Waals surface area contributed by atoms with Gasteiger partial charge in [-0.2, -0.15) is 5.10 Å². The minimum absolute atomic E-state index is 0.148. The van der Waals surface area contributed by atoms with Crippen LogP contribution in [0, 0.1) is 0 Å². The SMILES string of the molecule is CNC(=O)c1ccc(-c2cnn3ccc(C(=O)N(C)c4ccc(OCCN)cn4)cc23)cc1. The van der Waals surface area contributed by atoms with Crippen molar-refractivity contribution in [3.63, 3.8) is 0 Å². The number of ether oxygens (including phenoxy) is 1. The second-order valence-electron chi connectivity index (χ2n) is 7.31. The number of nitrogens with two attached hydrogens (primary N) is 1. The van der Waals surface area contributed by atoms with E-state index in [1.807, 2.05) is 12.1 Å². The molecule has 1 aromatic carbocycles. The molecule has 9 nitrogen and oxygen atoms in total. The van der Waals surface area contributed by atoms with Crippen LogP contribution >= 0.6 is 0 Å². The maximum Gasteiger partial charge on any atom is 0.259 e. The highest BCUT2D eigenvalue weighted by atomic mass is 16.5. The number of hydrogen-bond acceptors (Lipinski definition) is 6. The van der Waals surface area contributed by atoms with Crippen molar-refractivity contribution >= 4 is 23.1 Å². The standard InChI is InChI=1S/C24H24N6O3/c1-26-23(31)17-5-3-16(4-6-17)20-15-28-30-11-9-18(13-21(20)30)24(32)29(2)22-8-7-19(14-27-22)33-12-10-25/h3-9,11,13-15H,10,12,25H2,1-2H3,(H,26,31). The zero-order valence-electron chi connectivity index (χ0n) is 18.4. The molecule has 0 fully saturated rings. The van der Waals surface area contributed by atoms with E-state index in [1.165, 1.54) is 4.90 Å². The maximum atomic E-state index is 13.1. The van der Waals surface area contributed by atoms with E-state index in [-0.39, 0.29) is 11.8 Å². The fourth-order valence-corrected chi connectivity index (χ4v) is 3.41. The van der Waals surface area contributed by atoms with Gasteiger partial charge >= 0.3 is 0 Å². The first-order valence-electron chi connectivity index (χ1n) is 10.4. The second-order valence-corrected chi connectivity index (χ2v) is 7.31. The Hall–Kier alpha value is -4.24. The molecule has 0 radical (unpaired) electrons. The van der Waals surface area contributed by atoms with Crippen molar-refractivity contribution in [2.45, 2.75) is 0 Å². The van der Waals surface area contributed by atoms with E-state index in [0.29, 0.717) is 35.8 Å². The van der Waals surface area contributed by atoms with Crippen LogP contribution < -0.4 is 20.7 Å². The van der Waals surface area contributed by atoms with Crippen molar-refractivity contribution in [3.05, 3.63) is 78.2 Å². The molecule has 0 saturated carbocycles. The molecule has 0 unspecified atom stereocenters. The highest BCUT2D eigenvalue weighted by Gasteiger charge is 2.17. The zero-order valence-corrected chi connectivity index (χ0v) is 18.4. The van der Waals surface area contributed by atoms with Crippen LogP contribution in [0.2, 0.25) is 0 Å². The van der Waals surface area contributed by atoms with Crippen LogP contribution in [0.1, 0.15) is 20.7 Å². The van der Waals surface area contributed by atoms with Crippen molar-refractivity contribution in [3.8, 4) is 16.9 Å². The number of hydrogen-bond donors (Lipinski definition) is 2. The van der Waals surface area contributed by atoms with E-state index in [0.717, 1.165) is 16.6 Å². The van der Waals surface area contributed by atoms with Gasteiger partial charge in [-0.3, -0.25) is 14.5 Å². The number of fused-ring (bicyclic) bond motifs is 1. The van der Waals surface area contributed by atoms with Crippen LogP contribution in [0.25, 0.3) is 16.6 Å². The molecule has 3 heterocycles. The summed E-state index contributed by atoms with van der Waals surface area (Å²) < 4.78 is 7.14. The van der Waals surface area contributed by atoms with Crippen LogP contribution in [-0.4, -0.2) is 53.7 Å². The largest absolute Gasteiger partial charge is 0.491 e. The Morgan fingerprint density at radius 2 is 1.88 bits per heavy atom. The summed E-state index contributed by atoms with van der Waals surface area (Å²) in [5.74, 6) is 0.740. The molecule has 2 amide bonds. The molecule has 0 aliphatic heterocycles. The van der Waals surface area contributed by atoms with E-state index in [4.69, 9.17) is 10.5 Å². The molecule has 0 aliphatic rings. The smallest absolute Gasteiger partial charge is 0.259 e. The lowest BCUT2D eigenvalue weighted by Crippen LogP contribution is -2.27. The molecule has 0 saturated heterocycles. The summed E-state index contributed by atoms with van der Waals surface area (Å²) in [6.45, 7) is 0.815. The summed E-state index contributed by atoms with van der Waals surface area (Å²) >= 11 is 0. The number of nitrogens with zero attached hydrogens (tertiary/aromatic N) is 4. The van der Waals surface area contributed by atoms with Crippen molar-refractivity contribution < 1.29 is 14.3 Å². The van der Waals surface area contributed by atoms with Gasteiger partial charge in [-0.25, -0.2) is 9.50 Å². The van der Waals surface area contributed by atoms with Gasteiger partial charge in [0.1, 0.15) is 18.2 Å². The Morgan fingerprint density at radius 3 is 2.55 bits per heavy atom. The number of benzene rings is 1. The molecule has 4 rings (SSSR count). The van der Waals surface area contributed by atoms with Crippen LogP contribution in [-0.2, 0) is 0 Å². The second kappa shape index (κ2) is 9.49. The molecule has 168 valence electrons. The third-order valence-electron chi connectivity index (χ3n) is 5.21. The molecule has 9 heteroatoms. The molecule has 0 bridgehead atoms. The Bertz CT molecular complexity index is 1280. The molecule has 3 aromatic heterocycles. The van der Waals surface area contributed by atoms with E-state index in [2.05, 4.69) is 15.4 Å². The number of nitrogens with one attached hydrogen (secondary N) is 1. The third-order valence-corrected chi connectivity index (χ3v) is 5.21. The van der Waals surface area contributed by atoms with Crippen molar-refractivity contribution in [2.24, 2.45) is 5.73 Å². The first-order valence-corrected chi connectivity index (χ1v) is 10.4. The van der Waals surface area contributed by atoms with Gasteiger partial charge < -0.3 is 15.8 Å². The maximum absolute atomic E-state index is 13.1. The molecule has 3 N–H and O–H groups in total. The fourth-order valence-electron chi connectivity index (χ4n) is 3.41. The van der Waals surface area contributed by atoms with Gasteiger partial charge in [0.2, 0.25) is 0 Å². The predicted molar refractivity (Wildman–Crippen MR) is 126 cm³/mol. The van der Waals surface area contributed by atoms with Crippen LogP contribution in [0.5, 0.6) is 5.75 Å². The Balaban J connectivity index is 1.60. The molecular formula is C24H24N6O3. The Morgan fingerprint density at radius 1 is 1.09 bits per heavy atom. The Labute approximate surface area is 190 Å². The topological polar surface area (TPSA) is 115 Å². The average molecular weight is 444 g/mol. The van der Waals surface area contributed by atoms with Crippen molar-refractivity contribution in [1.29, 1.82) is 0 Å². The minimum Gasteiger partial charge on any atom is -0.491 e. The lowest BCUT2D eigenvalue weighted by Gasteiger charge is -2.17.